The molecule has 1 atom stereocenters. The number of nitrogens with one attached hydrogen (secondary N) is 1. The van der Waals surface area contributed by atoms with Crippen molar-refractivity contribution in [3.8, 4) is 0 Å². The van der Waals surface area contributed by atoms with Crippen LogP contribution in [0.3, 0.4) is 0 Å². The van der Waals surface area contributed by atoms with E-state index < -0.39 is 10.0 Å². The quantitative estimate of drug-likeness (QED) is 0.576. The fraction of sp³-hybridized carbons (Fsp3) is 0.750. The van der Waals surface area contributed by atoms with Gasteiger partial charge in [0, 0.05) is 19.0 Å². The summed E-state index contributed by atoms with van der Waals surface area (Å²) in [5, 5.41) is 6.67. The Labute approximate surface area is 105 Å². The van der Waals surface area contributed by atoms with Crippen LogP contribution in [0, 0.1) is 4.77 Å². The lowest BCUT2D eigenvalue weighted by Crippen LogP contribution is -2.39. The fourth-order valence-electron chi connectivity index (χ4n) is 2.06. The predicted octanol–water partition coefficient (Wildman–Crippen LogP) is -0.207. The minimum atomic E-state index is -3.15. The molecule has 1 aromatic rings. The van der Waals surface area contributed by atoms with Gasteiger partial charge in [0.05, 0.1) is 6.26 Å². The molecule has 7 nitrogen and oxygen atoms in total. The predicted molar refractivity (Wildman–Crippen MR) is 66.0 cm³/mol. The average molecular weight is 277 g/mol. The maximum absolute atomic E-state index is 11.5. The van der Waals surface area contributed by atoms with Crippen molar-refractivity contribution in [1.29, 1.82) is 0 Å². The van der Waals surface area contributed by atoms with E-state index in [4.69, 9.17) is 18.1 Å². The highest BCUT2D eigenvalue weighted by atomic mass is 32.2. The molecule has 2 rings (SSSR count). The molecular formula is C8H15N5O2S2. The third-order valence-electron chi connectivity index (χ3n) is 2.95. The summed E-state index contributed by atoms with van der Waals surface area (Å²) in [7, 11) is -3.15. The Morgan fingerprint density at radius 3 is 2.82 bits per heavy atom. The van der Waals surface area contributed by atoms with E-state index in [0.29, 0.717) is 23.7 Å². The molecule has 9 heteroatoms. The molecule has 0 radical (unpaired) electrons. The molecule has 0 aliphatic carbocycles. The monoisotopic (exact) mass is 277 g/mol. The van der Waals surface area contributed by atoms with Crippen molar-refractivity contribution in [3.63, 3.8) is 0 Å². The van der Waals surface area contributed by atoms with E-state index in [2.05, 4.69) is 10.2 Å². The minimum absolute atomic E-state index is 0.00331. The zero-order valence-electron chi connectivity index (χ0n) is 9.46. The summed E-state index contributed by atoms with van der Waals surface area (Å²) in [5.74, 6) is 6.35. The first-order chi connectivity index (χ1) is 7.89. The molecule has 1 aliphatic heterocycles. The number of aromatic nitrogens is 3. The Balaban J connectivity index is 2.24. The van der Waals surface area contributed by atoms with Gasteiger partial charge < -0.3 is 5.84 Å². The van der Waals surface area contributed by atoms with E-state index in [1.54, 1.807) is 0 Å². The Kier molecular flexibility index (Phi) is 3.23. The van der Waals surface area contributed by atoms with Crippen molar-refractivity contribution in [2.45, 2.75) is 18.8 Å². The Morgan fingerprint density at radius 1 is 1.59 bits per heavy atom. The van der Waals surface area contributed by atoms with Crippen molar-refractivity contribution in [2.24, 2.45) is 0 Å². The summed E-state index contributed by atoms with van der Waals surface area (Å²) >= 11 is 4.93. The second-order valence-electron chi connectivity index (χ2n) is 4.22. The van der Waals surface area contributed by atoms with Crippen LogP contribution >= 0.6 is 12.2 Å². The zero-order chi connectivity index (χ0) is 12.6. The summed E-state index contributed by atoms with van der Waals surface area (Å²) in [6, 6.07) is 0. The highest BCUT2D eigenvalue weighted by molar-refractivity contribution is 7.88. The number of hydrogen-bond acceptors (Lipinski definition) is 5. The number of rotatable bonds is 2. The molecule has 0 saturated carbocycles. The summed E-state index contributed by atoms with van der Waals surface area (Å²) < 4.78 is 26.1. The SMILES string of the molecule is CS(=O)(=O)N1CCCC(c2n[nH]c(=S)n2N)C1. The normalized spacial score (nSPS) is 22.8. The molecule has 96 valence electrons. The van der Waals surface area contributed by atoms with Crippen LogP contribution in [-0.4, -0.2) is 46.9 Å². The van der Waals surface area contributed by atoms with Gasteiger partial charge in [-0.15, -0.1) is 0 Å². The van der Waals surface area contributed by atoms with Crippen LogP contribution < -0.4 is 5.84 Å². The summed E-state index contributed by atoms with van der Waals surface area (Å²) in [4.78, 5) is 0. The minimum Gasteiger partial charge on any atom is -0.335 e. The van der Waals surface area contributed by atoms with Crippen molar-refractivity contribution in [2.75, 3.05) is 25.2 Å². The largest absolute Gasteiger partial charge is 0.335 e. The van der Waals surface area contributed by atoms with E-state index in [1.807, 2.05) is 0 Å². The van der Waals surface area contributed by atoms with Crippen LogP contribution in [-0.2, 0) is 10.0 Å². The molecule has 0 amide bonds. The Hall–Kier alpha value is -0.930. The molecule has 1 unspecified atom stereocenters. The number of piperidine rings is 1. The van der Waals surface area contributed by atoms with Crippen LogP contribution in [0.15, 0.2) is 0 Å². The second-order valence-corrected chi connectivity index (χ2v) is 6.59. The fourth-order valence-corrected chi connectivity index (χ4v) is 3.11. The van der Waals surface area contributed by atoms with E-state index in [0.717, 1.165) is 12.8 Å². The van der Waals surface area contributed by atoms with Crippen molar-refractivity contribution < 1.29 is 8.42 Å². The number of nitrogens with two attached hydrogens (primary N) is 1. The molecule has 0 bridgehead atoms. The van der Waals surface area contributed by atoms with Gasteiger partial charge in [-0.25, -0.2) is 17.4 Å². The summed E-state index contributed by atoms with van der Waals surface area (Å²) in [5.41, 5.74) is 0. The van der Waals surface area contributed by atoms with Gasteiger partial charge in [-0.05, 0) is 25.1 Å². The van der Waals surface area contributed by atoms with Crippen LogP contribution in [0.4, 0.5) is 0 Å². The van der Waals surface area contributed by atoms with E-state index in [-0.39, 0.29) is 5.92 Å². The van der Waals surface area contributed by atoms with Crippen molar-refractivity contribution in [3.05, 3.63) is 10.6 Å². The maximum Gasteiger partial charge on any atom is 0.214 e. The lowest BCUT2D eigenvalue weighted by atomic mass is 9.99. The molecular weight excluding hydrogens is 262 g/mol. The third-order valence-corrected chi connectivity index (χ3v) is 4.51. The third kappa shape index (κ3) is 2.50. The first kappa shape index (κ1) is 12.5. The zero-order valence-corrected chi connectivity index (χ0v) is 11.1. The topological polar surface area (TPSA) is 97.0 Å². The molecule has 1 saturated heterocycles. The van der Waals surface area contributed by atoms with Crippen LogP contribution in [0.1, 0.15) is 24.6 Å². The standard InChI is InChI=1S/C8H15N5O2S2/c1-17(14,15)12-4-2-3-6(5-12)7-10-11-8(16)13(7)9/h6H,2-5,9H2,1H3,(H,11,16). The number of nitrogens with zero attached hydrogens (tertiary/aromatic N) is 3. The maximum atomic E-state index is 11.5. The van der Waals surface area contributed by atoms with Gasteiger partial charge in [-0.3, -0.25) is 5.10 Å². The van der Waals surface area contributed by atoms with Crippen molar-refractivity contribution >= 4 is 22.2 Å². The smallest absolute Gasteiger partial charge is 0.214 e. The highest BCUT2D eigenvalue weighted by Gasteiger charge is 2.29. The molecule has 0 spiro atoms. The lowest BCUT2D eigenvalue weighted by molar-refractivity contribution is 0.308. The molecule has 17 heavy (non-hydrogen) atoms. The Bertz CT molecular complexity index is 561. The van der Waals surface area contributed by atoms with Crippen LogP contribution in [0.2, 0.25) is 0 Å². The van der Waals surface area contributed by atoms with Gasteiger partial charge in [-0.1, -0.05) is 0 Å². The molecule has 3 N–H and O–H groups in total. The number of nitrogen functional groups attached to an aromatic ring is 1. The van der Waals surface area contributed by atoms with Gasteiger partial charge >= 0.3 is 0 Å². The summed E-state index contributed by atoms with van der Waals surface area (Å²) in [6.45, 7) is 0.973. The first-order valence-electron chi connectivity index (χ1n) is 5.27. The Morgan fingerprint density at radius 2 is 2.29 bits per heavy atom. The molecule has 1 aromatic heterocycles. The number of H-pyrrole nitrogens is 1. The number of aromatic amines is 1. The number of hydrogen-bond donors (Lipinski definition) is 2. The van der Waals surface area contributed by atoms with E-state index in [9.17, 15) is 8.42 Å². The van der Waals surface area contributed by atoms with Crippen LogP contribution in [0.25, 0.3) is 0 Å². The molecule has 0 aromatic carbocycles. The van der Waals surface area contributed by atoms with Gasteiger partial charge in [0.15, 0.2) is 5.82 Å². The van der Waals surface area contributed by atoms with E-state index in [1.165, 1.54) is 15.2 Å². The van der Waals surface area contributed by atoms with Gasteiger partial charge in [0.1, 0.15) is 0 Å². The second kappa shape index (κ2) is 4.39. The van der Waals surface area contributed by atoms with Crippen LogP contribution in [0.5, 0.6) is 0 Å². The highest BCUT2D eigenvalue weighted by Crippen LogP contribution is 2.25. The van der Waals surface area contributed by atoms with E-state index >= 15 is 0 Å². The number of sulfonamides is 1. The van der Waals surface area contributed by atoms with Gasteiger partial charge in [-0.2, -0.15) is 5.10 Å². The van der Waals surface area contributed by atoms with Crippen molar-refractivity contribution in [1.82, 2.24) is 19.2 Å². The molecule has 1 fully saturated rings. The van der Waals surface area contributed by atoms with Gasteiger partial charge in [0.25, 0.3) is 0 Å². The lowest BCUT2D eigenvalue weighted by Gasteiger charge is -2.29. The average Bonchev–Trinajstić information content (AvgIpc) is 2.59. The first-order valence-corrected chi connectivity index (χ1v) is 7.53. The summed E-state index contributed by atoms with van der Waals surface area (Å²) in [6.07, 6.45) is 2.88. The van der Waals surface area contributed by atoms with Gasteiger partial charge in [0.2, 0.25) is 14.8 Å². The molecule has 1 aliphatic rings. The molecule has 2 heterocycles.